The number of rotatable bonds is 4. The van der Waals surface area contributed by atoms with Crippen molar-refractivity contribution in [2.24, 2.45) is 5.73 Å². The molecule has 18 heavy (non-hydrogen) atoms. The van der Waals surface area contributed by atoms with Crippen LogP contribution in [-0.2, 0) is 13.2 Å². The van der Waals surface area contributed by atoms with Crippen LogP contribution in [0.2, 0.25) is 0 Å². The number of nitrogens with two attached hydrogens (primary N) is 1. The second-order valence-corrected chi connectivity index (χ2v) is 4.62. The molecule has 0 amide bonds. The minimum absolute atomic E-state index is 0.0206. The summed E-state index contributed by atoms with van der Waals surface area (Å²) in [7, 11) is 0. The molecule has 0 aliphatic heterocycles. The van der Waals surface area contributed by atoms with Gasteiger partial charge in [0, 0.05) is 17.2 Å². The topological polar surface area (TPSA) is 68.4 Å². The lowest BCUT2D eigenvalue weighted by molar-refractivity contribution is 0.281. The van der Waals surface area contributed by atoms with Crippen molar-refractivity contribution in [2.45, 2.75) is 13.2 Å². The van der Waals surface area contributed by atoms with Gasteiger partial charge in [0.15, 0.2) is 5.75 Å². The summed E-state index contributed by atoms with van der Waals surface area (Å²) in [6, 6.07) is 9.04. The molecule has 94 valence electrons. The Morgan fingerprint density at radius 2 is 2.00 bits per heavy atom. The van der Waals surface area contributed by atoms with E-state index in [4.69, 9.17) is 15.6 Å². The smallest absolute Gasteiger partial charge is 0.151 e. The monoisotopic (exact) mass is 308 g/mol. The maximum Gasteiger partial charge on any atom is 0.151 e. The lowest BCUT2D eigenvalue weighted by Crippen LogP contribution is -2.02. The predicted octanol–water partition coefficient (Wildman–Crippen LogP) is 2.59. The van der Waals surface area contributed by atoms with Crippen LogP contribution in [0.5, 0.6) is 11.5 Å². The van der Waals surface area contributed by atoms with Gasteiger partial charge < -0.3 is 15.6 Å². The first-order valence-corrected chi connectivity index (χ1v) is 6.24. The first kappa shape index (κ1) is 13.0. The van der Waals surface area contributed by atoms with Crippen LogP contribution in [-0.4, -0.2) is 10.1 Å². The molecule has 2 aromatic rings. The molecule has 3 N–H and O–H groups in total. The van der Waals surface area contributed by atoms with Crippen LogP contribution in [0.15, 0.2) is 41.0 Å². The zero-order chi connectivity index (χ0) is 13.0. The van der Waals surface area contributed by atoms with Crippen LogP contribution in [0, 0.1) is 0 Å². The number of benzene rings is 1. The summed E-state index contributed by atoms with van der Waals surface area (Å²) in [6.07, 6.45) is 1.68. The van der Waals surface area contributed by atoms with Crippen LogP contribution in [0.25, 0.3) is 0 Å². The summed E-state index contributed by atoms with van der Waals surface area (Å²) >= 11 is 3.35. The fourth-order valence-corrected chi connectivity index (χ4v) is 1.79. The van der Waals surface area contributed by atoms with Gasteiger partial charge in [-0.25, -0.2) is 0 Å². The molecule has 0 radical (unpaired) electrons. The van der Waals surface area contributed by atoms with Gasteiger partial charge in [0.05, 0.1) is 12.3 Å². The third-order valence-electron chi connectivity index (χ3n) is 2.42. The van der Waals surface area contributed by atoms with Crippen molar-refractivity contribution in [3.8, 4) is 11.5 Å². The molecule has 0 saturated heterocycles. The Labute approximate surface area is 114 Å². The van der Waals surface area contributed by atoms with E-state index >= 15 is 0 Å². The largest absolute Gasteiger partial charge is 0.455 e. The maximum absolute atomic E-state index is 8.96. The molecule has 4 nitrogen and oxygen atoms in total. The number of halogens is 1. The van der Waals surface area contributed by atoms with Gasteiger partial charge in [-0.1, -0.05) is 12.1 Å². The fraction of sp³-hybridized carbons (Fsp3) is 0.154. The van der Waals surface area contributed by atoms with Crippen LogP contribution >= 0.6 is 15.9 Å². The highest BCUT2D eigenvalue weighted by Crippen LogP contribution is 2.27. The van der Waals surface area contributed by atoms with Crippen molar-refractivity contribution < 1.29 is 9.84 Å². The molecular weight excluding hydrogens is 296 g/mol. The van der Waals surface area contributed by atoms with Gasteiger partial charge in [-0.2, -0.15) is 0 Å². The molecular formula is C13H13BrN2O2. The number of aliphatic hydroxyl groups excluding tert-OH is 1. The molecule has 0 bridgehead atoms. The molecule has 0 saturated carbocycles. The summed E-state index contributed by atoms with van der Waals surface area (Å²) in [6.45, 7) is 0.337. The summed E-state index contributed by atoms with van der Waals surface area (Å²) in [5, 5.41) is 8.96. The fourth-order valence-electron chi connectivity index (χ4n) is 1.48. The Kier molecular flexibility index (Phi) is 4.30. The van der Waals surface area contributed by atoms with E-state index in [2.05, 4.69) is 20.9 Å². The number of nitrogens with zero attached hydrogens (tertiary/aromatic N) is 1. The number of aliphatic hydroxyl groups is 1. The van der Waals surface area contributed by atoms with E-state index in [1.165, 1.54) is 0 Å². The number of hydrogen-bond donors (Lipinski definition) is 2. The first-order valence-electron chi connectivity index (χ1n) is 5.45. The van der Waals surface area contributed by atoms with E-state index in [1.54, 1.807) is 18.3 Å². The molecule has 1 aromatic carbocycles. The van der Waals surface area contributed by atoms with Crippen molar-refractivity contribution in [2.75, 3.05) is 0 Å². The molecule has 0 spiro atoms. The summed E-state index contributed by atoms with van der Waals surface area (Å²) in [5.41, 5.74) is 7.15. The first-order chi connectivity index (χ1) is 8.72. The Hall–Kier alpha value is -1.43. The number of ether oxygens (including phenoxy) is 1. The van der Waals surface area contributed by atoms with Crippen molar-refractivity contribution in [3.63, 3.8) is 0 Å². The summed E-state index contributed by atoms with van der Waals surface area (Å²) < 4.78 is 6.56. The van der Waals surface area contributed by atoms with Crippen molar-refractivity contribution in [1.82, 2.24) is 4.98 Å². The van der Waals surface area contributed by atoms with E-state index in [-0.39, 0.29) is 6.61 Å². The second-order valence-electron chi connectivity index (χ2n) is 3.71. The van der Waals surface area contributed by atoms with Crippen LogP contribution in [0.3, 0.4) is 0 Å². The van der Waals surface area contributed by atoms with Crippen molar-refractivity contribution in [1.29, 1.82) is 0 Å². The predicted molar refractivity (Wildman–Crippen MR) is 72.3 cm³/mol. The van der Waals surface area contributed by atoms with Gasteiger partial charge in [0.25, 0.3) is 0 Å². The van der Waals surface area contributed by atoms with Gasteiger partial charge in [-0.15, -0.1) is 0 Å². The number of pyridine rings is 1. The zero-order valence-electron chi connectivity index (χ0n) is 9.64. The van der Waals surface area contributed by atoms with Gasteiger partial charge >= 0.3 is 0 Å². The number of hydrogen-bond acceptors (Lipinski definition) is 4. The molecule has 0 atom stereocenters. The van der Waals surface area contributed by atoms with E-state index in [1.807, 2.05) is 18.2 Å². The molecule has 0 fully saturated rings. The second kappa shape index (κ2) is 5.95. The average molecular weight is 309 g/mol. The van der Waals surface area contributed by atoms with E-state index in [0.29, 0.717) is 23.7 Å². The molecule has 2 rings (SSSR count). The van der Waals surface area contributed by atoms with E-state index in [9.17, 15) is 0 Å². The Bertz CT molecular complexity index is 529. The average Bonchev–Trinajstić information content (AvgIpc) is 2.40. The molecule has 1 aromatic heterocycles. The highest BCUT2D eigenvalue weighted by molar-refractivity contribution is 9.10. The van der Waals surface area contributed by atoms with E-state index in [0.717, 1.165) is 10.0 Å². The normalized spacial score (nSPS) is 10.4. The maximum atomic E-state index is 8.96. The number of aromatic nitrogens is 1. The highest BCUT2D eigenvalue weighted by atomic mass is 79.9. The molecule has 5 heteroatoms. The standard InChI is InChI=1S/C13H13BrN2O2/c14-10-5-13(12(6-15)16-7-10)18-11-3-1-9(8-17)2-4-11/h1-5,7,17H,6,8,15H2. The van der Waals surface area contributed by atoms with Crippen LogP contribution in [0.1, 0.15) is 11.3 Å². The van der Waals surface area contributed by atoms with Gasteiger partial charge in [0.2, 0.25) is 0 Å². The lowest BCUT2D eigenvalue weighted by Gasteiger charge is -2.10. The molecule has 1 heterocycles. The quantitative estimate of drug-likeness (QED) is 0.911. The van der Waals surface area contributed by atoms with Gasteiger partial charge in [-0.05, 0) is 39.7 Å². The van der Waals surface area contributed by atoms with Gasteiger partial charge in [0.1, 0.15) is 5.75 Å². The Balaban J connectivity index is 2.24. The van der Waals surface area contributed by atoms with Crippen LogP contribution < -0.4 is 10.5 Å². The Morgan fingerprint density at radius 3 is 2.61 bits per heavy atom. The summed E-state index contributed by atoms with van der Waals surface area (Å²) in [4.78, 5) is 4.19. The molecule has 0 aliphatic rings. The third kappa shape index (κ3) is 3.07. The highest BCUT2D eigenvalue weighted by Gasteiger charge is 2.06. The lowest BCUT2D eigenvalue weighted by atomic mass is 10.2. The minimum Gasteiger partial charge on any atom is -0.455 e. The minimum atomic E-state index is 0.0206. The third-order valence-corrected chi connectivity index (χ3v) is 2.86. The Morgan fingerprint density at radius 1 is 1.28 bits per heavy atom. The molecule has 0 unspecified atom stereocenters. The van der Waals surface area contributed by atoms with Crippen molar-refractivity contribution in [3.05, 3.63) is 52.3 Å². The molecule has 0 aliphatic carbocycles. The van der Waals surface area contributed by atoms with E-state index < -0.39 is 0 Å². The van der Waals surface area contributed by atoms with Crippen molar-refractivity contribution >= 4 is 15.9 Å². The summed E-state index contributed by atoms with van der Waals surface area (Å²) in [5.74, 6) is 1.31. The zero-order valence-corrected chi connectivity index (χ0v) is 11.2. The van der Waals surface area contributed by atoms with Crippen LogP contribution in [0.4, 0.5) is 0 Å². The SMILES string of the molecule is NCc1ncc(Br)cc1Oc1ccc(CO)cc1. The van der Waals surface area contributed by atoms with Gasteiger partial charge in [-0.3, -0.25) is 4.98 Å².